The number of carbonyl (C=O) groups excluding carboxylic acids is 2. The smallest absolute Gasteiger partial charge is 0.254 e. The minimum atomic E-state index is -1.31. The lowest BCUT2D eigenvalue weighted by Crippen LogP contribution is -2.35. The van der Waals surface area contributed by atoms with E-state index < -0.39 is 33.5 Å². The van der Waals surface area contributed by atoms with Crippen LogP contribution in [0.2, 0.25) is 14.4 Å². The second-order valence-corrected chi connectivity index (χ2v) is 11.2. The number of nitrogens with zero attached hydrogens (tertiary/aromatic N) is 1. The van der Waals surface area contributed by atoms with Crippen LogP contribution >= 0.6 is 69.3 Å². The lowest BCUT2D eigenvalue weighted by molar-refractivity contribution is -0.117. The quantitative estimate of drug-likeness (QED) is 0.470. The van der Waals surface area contributed by atoms with Crippen LogP contribution in [0.15, 0.2) is 24.3 Å². The number of hydrogen-bond acceptors (Lipinski definition) is 4. The molecule has 0 radical (unpaired) electrons. The fraction of sp³-hybridized carbons (Fsp3) is 0.316. The Morgan fingerprint density at radius 1 is 1.10 bits per heavy atom. The third-order valence-electron chi connectivity index (χ3n) is 5.07. The highest BCUT2D eigenvalue weighted by atomic mass is 35.5. The Bertz CT molecular complexity index is 1090. The van der Waals surface area contributed by atoms with Gasteiger partial charge in [-0.2, -0.15) is 5.26 Å². The van der Waals surface area contributed by atoms with Gasteiger partial charge in [0, 0.05) is 16.0 Å². The maximum absolute atomic E-state index is 12.8. The summed E-state index contributed by atoms with van der Waals surface area (Å²) in [6.45, 7) is 0. The summed E-state index contributed by atoms with van der Waals surface area (Å²) in [5.41, 5.74) is 0.0332. The van der Waals surface area contributed by atoms with Gasteiger partial charge in [0.15, 0.2) is 0 Å². The number of thiophene rings is 1. The van der Waals surface area contributed by atoms with Gasteiger partial charge in [-0.15, -0.1) is 34.5 Å². The Hall–Kier alpha value is -1.20. The maximum Gasteiger partial charge on any atom is 0.254 e. The predicted octanol–water partition coefficient (Wildman–Crippen LogP) is 6.02. The summed E-state index contributed by atoms with van der Waals surface area (Å²) in [5, 5.41) is 15.7. The number of rotatable bonds is 5. The molecule has 11 heteroatoms. The summed E-state index contributed by atoms with van der Waals surface area (Å²) in [4.78, 5) is 25.2. The van der Waals surface area contributed by atoms with E-state index in [4.69, 9.17) is 63.3 Å². The molecule has 4 rings (SSSR count). The van der Waals surface area contributed by atoms with E-state index >= 15 is 0 Å². The molecule has 2 aliphatic rings. The minimum Gasteiger partial charge on any atom is -0.334 e. The summed E-state index contributed by atoms with van der Waals surface area (Å²) in [6, 6.07) is 8.45. The van der Waals surface area contributed by atoms with Crippen LogP contribution in [0.5, 0.6) is 0 Å². The second-order valence-electron chi connectivity index (χ2n) is 7.27. The van der Waals surface area contributed by atoms with E-state index in [1.807, 2.05) is 0 Å². The predicted molar refractivity (Wildman–Crippen MR) is 120 cm³/mol. The van der Waals surface area contributed by atoms with Gasteiger partial charge in [0.1, 0.15) is 14.2 Å². The number of hydrogen-bond donors (Lipinski definition) is 2. The Balaban J connectivity index is 1.48. The summed E-state index contributed by atoms with van der Waals surface area (Å²) in [7, 11) is 0. The average molecular weight is 524 g/mol. The number of carbonyl (C=O) groups is 2. The van der Waals surface area contributed by atoms with Crippen molar-refractivity contribution in [1.82, 2.24) is 5.32 Å². The van der Waals surface area contributed by atoms with Crippen molar-refractivity contribution in [1.29, 1.82) is 5.26 Å². The van der Waals surface area contributed by atoms with Gasteiger partial charge in [-0.3, -0.25) is 9.59 Å². The zero-order valence-corrected chi connectivity index (χ0v) is 19.5. The van der Waals surface area contributed by atoms with Gasteiger partial charge >= 0.3 is 0 Å². The lowest BCUT2D eigenvalue weighted by atomic mass is 10.1. The van der Waals surface area contributed by atoms with Gasteiger partial charge in [0.2, 0.25) is 5.91 Å². The summed E-state index contributed by atoms with van der Waals surface area (Å²) < 4.78 is -1.11. The first-order valence-corrected chi connectivity index (χ1v) is 11.4. The molecule has 2 amide bonds. The standard InChI is InChI=1S/C19H12Cl5N3O2S/c20-9-3-8(4-10(21)5-9)13-14(19(13,23)24)17(29)26-12-6-11(15(22)30-12)16(28)27-18(7-25)1-2-18/h3-6,13-14H,1-2H2,(H,26,29)(H,27,28). The molecule has 0 saturated heterocycles. The molecular formula is C19H12Cl5N3O2S. The zero-order valence-electron chi connectivity index (χ0n) is 14.9. The lowest BCUT2D eigenvalue weighted by Gasteiger charge is -2.07. The minimum absolute atomic E-state index is 0.190. The van der Waals surface area contributed by atoms with E-state index in [1.54, 1.807) is 18.2 Å². The van der Waals surface area contributed by atoms with Crippen LogP contribution < -0.4 is 10.6 Å². The van der Waals surface area contributed by atoms with Gasteiger partial charge < -0.3 is 10.6 Å². The first-order valence-electron chi connectivity index (χ1n) is 8.74. The van der Waals surface area contributed by atoms with Crippen molar-refractivity contribution in [2.75, 3.05) is 5.32 Å². The Morgan fingerprint density at radius 3 is 2.30 bits per heavy atom. The van der Waals surface area contributed by atoms with E-state index in [-0.39, 0.29) is 9.90 Å². The van der Waals surface area contributed by atoms with E-state index in [9.17, 15) is 9.59 Å². The molecule has 5 nitrogen and oxygen atoms in total. The first-order chi connectivity index (χ1) is 14.1. The number of nitrogens with one attached hydrogen (secondary N) is 2. The molecule has 2 fully saturated rings. The molecule has 1 aromatic carbocycles. The van der Waals surface area contributed by atoms with Crippen molar-refractivity contribution in [3.63, 3.8) is 0 Å². The molecular weight excluding hydrogens is 512 g/mol. The molecule has 2 aliphatic carbocycles. The molecule has 2 atom stereocenters. The number of anilines is 1. The fourth-order valence-electron chi connectivity index (χ4n) is 3.28. The largest absolute Gasteiger partial charge is 0.334 e. The second kappa shape index (κ2) is 7.74. The molecule has 2 saturated carbocycles. The molecule has 0 bridgehead atoms. The van der Waals surface area contributed by atoms with Crippen molar-refractivity contribution in [3.05, 3.63) is 49.8 Å². The highest BCUT2D eigenvalue weighted by Gasteiger charge is 2.67. The van der Waals surface area contributed by atoms with Crippen LogP contribution in [0.25, 0.3) is 0 Å². The summed E-state index contributed by atoms with van der Waals surface area (Å²) >= 11 is 32.0. The molecule has 2 N–H and O–H groups in total. The third-order valence-corrected chi connectivity index (χ3v) is 7.73. The first kappa shape index (κ1) is 22.0. The van der Waals surface area contributed by atoms with E-state index in [0.29, 0.717) is 33.5 Å². The summed E-state index contributed by atoms with van der Waals surface area (Å²) in [6.07, 6.45) is 1.20. The normalized spacial score (nSPS) is 22.7. The van der Waals surface area contributed by atoms with Crippen molar-refractivity contribution in [2.24, 2.45) is 5.92 Å². The Kier molecular flexibility index (Phi) is 5.68. The van der Waals surface area contributed by atoms with Crippen LogP contribution in [-0.2, 0) is 4.79 Å². The van der Waals surface area contributed by atoms with Crippen molar-refractivity contribution >= 4 is 86.2 Å². The highest BCUT2D eigenvalue weighted by molar-refractivity contribution is 7.20. The molecule has 0 spiro atoms. The van der Waals surface area contributed by atoms with E-state index in [2.05, 4.69) is 16.7 Å². The maximum atomic E-state index is 12.8. The molecule has 2 aromatic rings. The molecule has 0 aliphatic heterocycles. The molecule has 2 unspecified atom stereocenters. The third kappa shape index (κ3) is 4.12. The van der Waals surface area contributed by atoms with E-state index in [0.717, 1.165) is 11.3 Å². The molecule has 1 heterocycles. The topological polar surface area (TPSA) is 82.0 Å². The van der Waals surface area contributed by atoms with Crippen LogP contribution in [-0.4, -0.2) is 21.7 Å². The van der Waals surface area contributed by atoms with Crippen LogP contribution in [0.4, 0.5) is 5.00 Å². The van der Waals surface area contributed by atoms with Crippen molar-refractivity contribution in [2.45, 2.75) is 28.6 Å². The van der Waals surface area contributed by atoms with Crippen LogP contribution in [0.1, 0.15) is 34.7 Å². The zero-order chi connectivity index (χ0) is 21.8. The van der Waals surface area contributed by atoms with Gasteiger partial charge in [0.25, 0.3) is 5.91 Å². The van der Waals surface area contributed by atoms with Gasteiger partial charge in [-0.25, -0.2) is 0 Å². The number of halogens is 5. The highest BCUT2D eigenvalue weighted by Crippen LogP contribution is 2.65. The van der Waals surface area contributed by atoms with Crippen molar-refractivity contribution < 1.29 is 9.59 Å². The monoisotopic (exact) mass is 521 g/mol. The van der Waals surface area contributed by atoms with E-state index in [1.165, 1.54) is 6.07 Å². The number of amides is 2. The van der Waals surface area contributed by atoms with Crippen molar-refractivity contribution in [3.8, 4) is 6.07 Å². The van der Waals surface area contributed by atoms with Gasteiger partial charge in [-0.05, 0) is 42.7 Å². The SMILES string of the molecule is N#CC1(NC(=O)c2cc(NC(=O)C3C(c4cc(Cl)cc(Cl)c4)C3(Cl)Cl)sc2Cl)CC1. The Morgan fingerprint density at radius 2 is 1.73 bits per heavy atom. The average Bonchev–Trinajstić information content (AvgIpc) is 3.49. The van der Waals surface area contributed by atoms with Crippen LogP contribution in [0, 0.1) is 17.2 Å². The number of nitriles is 1. The van der Waals surface area contributed by atoms with Gasteiger partial charge in [-0.1, -0.05) is 34.8 Å². The van der Waals surface area contributed by atoms with Crippen LogP contribution in [0.3, 0.4) is 0 Å². The fourth-order valence-corrected chi connectivity index (χ4v) is 5.83. The molecule has 1 aromatic heterocycles. The number of alkyl halides is 2. The van der Waals surface area contributed by atoms with Gasteiger partial charge in [0.05, 0.1) is 22.6 Å². The summed E-state index contributed by atoms with van der Waals surface area (Å²) in [5.74, 6) is -2.10. The molecule has 156 valence electrons. The number of benzene rings is 1. The molecule has 30 heavy (non-hydrogen) atoms. The Labute approximate surface area is 201 Å².